The number of carbonyl (C=O) groups is 3. The fraction of sp³-hybridized carbons (Fsp3) is 0.353. The molecule has 0 bridgehead atoms. The smallest absolute Gasteiger partial charge is 0.287 e. The topological polar surface area (TPSA) is 79.6 Å². The summed E-state index contributed by atoms with van der Waals surface area (Å²) < 4.78 is 6.56. The van der Waals surface area contributed by atoms with Crippen LogP contribution in [0.2, 0.25) is 0 Å². The lowest BCUT2D eigenvalue weighted by Gasteiger charge is -2.13. The minimum atomic E-state index is -0.305. The second-order valence-electron chi connectivity index (χ2n) is 5.80. The molecule has 0 radical (unpaired) electrons. The monoisotopic (exact) mass is 392 g/mol. The fourth-order valence-corrected chi connectivity index (χ4v) is 3.38. The molecule has 7 heteroatoms. The molecule has 1 aromatic heterocycles. The maximum Gasteiger partial charge on any atom is 0.287 e. The third-order valence-electron chi connectivity index (χ3n) is 3.99. The number of likely N-dealkylation sites (tertiary alicyclic amines) is 1. The quantitative estimate of drug-likeness (QED) is 0.626. The van der Waals surface area contributed by atoms with Gasteiger partial charge in [-0.25, -0.2) is 0 Å². The Morgan fingerprint density at radius 3 is 2.67 bits per heavy atom. The highest BCUT2D eigenvalue weighted by molar-refractivity contribution is 9.10. The lowest BCUT2D eigenvalue weighted by Crippen LogP contribution is -2.33. The summed E-state index contributed by atoms with van der Waals surface area (Å²) in [5, 5.41) is 3.62. The number of aryl methyl sites for hydroxylation is 1. The summed E-state index contributed by atoms with van der Waals surface area (Å²) in [5.41, 5.74) is 1.64. The number of rotatable bonds is 5. The third kappa shape index (κ3) is 3.36. The molecule has 0 unspecified atom stereocenters. The van der Waals surface area contributed by atoms with Crippen molar-refractivity contribution in [2.45, 2.75) is 26.2 Å². The number of nitrogens with one attached hydrogen (secondary N) is 1. The largest absolute Gasteiger partial charge is 0.451 e. The summed E-state index contributed by atoms with van der Waals surface area (Å²) >= 11 is 3.42. The van der Waals surface area contributed by atoms with E-state index in [1.54, 1.807) is 6.07 Å². The number of furan rings is 1. The van der Waals surface area contributed by atoms with Gasteiger partial charge in [0.1, 0.15) is 5.58 Å². The van der Waals surface area contributed by atoms with Crippen molar-refractivity contribution in [2.75, 3.05) is 13.1 Å². The van der Waals surface area contributed by atoms with E-state index in [2.05, 4.69) is 21.2 Å². The molecule has 2 aromatic rings. The van der Waals surface area contributed by atoms with Crippen molar-refractivity contribution in [2.24, 2.45) is 0 Å². The van der Waals surface area contributed by atoms with Crippen LogP contribution in [-0.4, -0.2) is 35.7 Å². The van der Waals surface area contributed by atoms with Crippen LogP contribution in [0.1, 0.15) is 35.4 Å². The van der Waals surface area contributed by atoms with Gasteiger partial charge in [-0.3, -0.25) is 19.3 Å². The maximum atomic E-state index is 12.2. The molecule has 1 fully saturated rings. The van der Waals surface area contributed by atoms with Crippen LogP contribution in [0.15, 0.2) is 27.1 Å². The molecule has 3 amide bonds. The van der Waals surface area contributed by atoms with Crippen LogP contribution in [0.25, 0.3) is 11.0 Å². The molecule has 2 heterocycles. The predicted molar refractivity (Wildman–Crippen MR) is 91.6 cm³/mol. The molecule has 1 aliphatic heterocycles. The summed E-state index contributed by atoms with van der Waals surface area (Å²) in [6.07, 6.45) is 1.10. The Bertz CT molecular complexity index is 811. The first-order chi connectivity index (χ1) is 11.5. The second-order valence-corrected chi connectivity index (χ2v) is 6.72. The van der Waals surface area contributed by atoms with Crippen molar-refractivity contribution in [3.05, 3.63) is 34.0 Å². The highest BCUT2D eigenvalue weighted by Crippen LogP contribution is 2.27. The molecule has 126 valence electrons. The van der Waals surface area contributed by atoms with E-state index in [9.17, 15) is 14.4 Å². The van der Waals surface area contributed by atoms with Crippen LogP contribution in [-0.2, 0) is 9.59 Å². The van der Waals surface area contributed by atoms with Crippen molar-refractivity contribution in [1.29, 1.82) is 0 Å². The van der Waals surface area contributed by atoms with E-state index in [0.29, 0.717) is 37.9 Å². The van der Waals surface area contributed by atoms with Crippen LogP contribution in [0.5, 0.6) is 0 Å². The van der Waals surface area contributed by atoms with Gasteiger partial charge < -0.3 is 9.73 Å². The zero-order chi connectivity index (χ0) is 17.3. The van der Waals surface area contributed by atoms with Gasteiger partial charge >= 0.3 is 0 Å². The molecule has 24 heavy (non-hydrogen) atoms. The normalized spacial score (nSPS) is 14.7. The summed E-state index contributed by atoms with van der Waals surface area (Å²) in [5.74, 6) is -0.324. The van der Waals surface area contributed by atoms with E-state index < -0.39 is 0 Å². The number of nitrogens with zero attached hydrogens (tertiary/aromatic N) is 1. The molecule has 1 aromatic carbocycles. The van der Waals surface area contributed by atoms with E-state index in [0.717, 1.165) is 15.4 Å². The zero-order valence-corrected chi connectivity index (χ0v) is 14.8. The lowest BCUT2D eigenvalue weighted by atomic mass is 10.2. The molecule has 1 aliphatic rings. The Morgan fingerprint density at radius 1 is 1.25 bits per heavy atom. The van der Waals surface area contributed by atoms with E-state index in [1.807, 2.05) is 19.1 Å². The Balaban J connectivity index is 1.56. The molecule has 3 rings (SSSR count). The van der Waals surface area contributed by atoms with Gasteiger partial charge in [-0.05, 0) is 37.1 Å². The molecule has 0 atom stereocenters. The van der Waals surface area contributed by atoms with Crippen molar-refractivity contribution in [3.63, 3.8) is 0 Å². The van der Waals surface area contributed by atoms with Gasteiger partial charge in [0.25, 0.3) is 5.91 Å². The van der Waals surface area contributed by atoms with Gasteiger partial charge in [0, 0.05) is 35.8 Å². The number of hydrogen-bond acceptors (Lipinski definition) is 4. The predicted octanol–water partition coefficient (Wildman–Crippen LogP) is 2.77. The molecule has 1 saturated heterocycles. The van der Waals surface area contributed by atoms with Crippen molar-refractivity contribution < 1.29 is 18.8 Å². The Kier molecular flexibility index (Phi) is 4.71. The number of imide groups is 1. The first kappa shape index (κ1) is 16.7. The van der Waals surface area contributed by atoms with E-state index in [1.165, 1.54) is 4.90 Å². The molecule has 0 aliphatic carbocycles. The Hall–Kier alpha value is -2.15. The lowest BCUT2D eigenvalue weighted by molar-refractivity contribution is -0.138. The van der Waals surface area contributed by atoms with Crippen molar-refractivity contribution in [3.8, 4) is 0 Å². The fourth-order valence-electron chi connectivity index (χ4n) is 2.79. The van der Waals surface area contributed by atoms with E-state index in [-0.39, 0.29) is 23.5 Å². The SMILES string of the molecule is Cc1cc(Br)cc2cc(C(=O)NCCCN3C(=O)CCC3=O)oc12. The molecule has 1 N–H and O–H groups in total. The number of hydrogen-bond donors (Lipinski definition) is 1. The van der Waals surface area contributed by atoms with Gasteiger partial charge in [-0.2, -0.15) is 0 Å². The summed E-state index contributed by atoms with van der Waals surface area (Å²) in [7, 11) is 0. The van der Waals surface area contributed by atoms with Crippen molar-refractivity contribution >= 4 is 44.6 Å². The van der Waals surface area contributed by atoms with Crippen LogP contribution in [0.4, 0.5) is 0 Å². The van der Waals surface area contributed by atoms with Crippen LogP contribution in [0.3, 0.4) is 0 Å². The van der Waals surface area contributed by atoms with Gasteiger partial charge in [-0.15, -0.1) is 0 Å². The summed E-state index contributed by atoms with van der Waals surface area (Å²) in [4.78, 5) is 36.4. The molecular weight excluding hydrogens is 376 g/mol. The number of halogens is 1. The first-order valence-electron chi connectivity index (χ1n) is 7.77. The highest BCUT2D eigenvalue weighted by atomic mass is 79.9. The summed E-state index contributed by atoms with van der Waals surface area (Å²) in [6.45, 7) is 2.63. The van der Waals surface area contributed by atoms with E-state index in [4.69, 9.17) is 4.42 Å². The highest BCUT2D eigenvalue weighted by Gasteiger charge is 2.28. The van der Waals surface area contributed by atoms with Gasteiger partial charge in [0.2, 0.25) is 11.8 Å². The van der Waals surface area contributed by atoms with Crippen LogP contribution < -0.4 is 5.32 Å². The standard InChI is InChI=1S/C17H17BrN2O4/c1-10-7-12(18)8-11-9-13(24-16(10)11)17(23)19-5-2-6-20-14(21)3-4-15(20)22/h7-9H,2-6H2,1H3,(H,19,23). The number of benzene rings is 1. The maximum absolute atomic E-state index is 12.2. The Morgan fingerprint density at radius 2 is 1.96 bits per heavy atom. The minimum absolute atomic E-state index is 0.135. The van der Waals surface area contributed by atoms with Crippen LogP contribution in [0, 0.1) is 6.92 Å². The number of carbonyl (C=O) groups excluding carboxylic acids is 3. The van der Waals surface area contributed by atoms with Gasteiger partial charge in [0.15, 0.2) is 5.76 Å². The Labute approximate surface area is 147 Å². The zero-order valence-electron chi connectivity index (χ0n) is 13.2. The second kappa shape index (κ2) is 6.76. The number of fused-ring (bicyclic) bond motifs is 1. The number of amides is 3. The average Bonchev–Trinajstić information content (AvgIpc) is 3.09. The molecular formula is C17H17BrN2O4. The van der Waals surface area contributed by atoms with Gasteiger partial charge in [0.05, 0.1) is 0 Å². The summed E-state index contributed by atoms with van der Waals surface area (Å²) in [6, 6.07) is 5.53. The first-order valence-corrected chi connectivity index (χ1v) is 8.56. The van der Waals surface area contributed by atoms with Crippen molar-refractivity contribution in [1.82, 2.24) is 10.2 Å². The third-order valence-corrected chi connectivity index (χ3v) is 4.45. The molecule has 6 nitrogen and oxygen atoms in total. The minimum Gasteiger partial charge on any atom is -0.451 e. The molecule has 0 saturated carbocycles. The average molecular weight is 393 g/mol. The van der Waals surface area contributed by atoms with E-state index >= 15 is 0 Å². The van der Waals surface area contributed by atoms with Crippen LogP contribution >= 0.6 is 15.9 Å². The molecule has 0 spiro atoms. The van der Waals surface area contributed by atoms with Gasteiger partial charge in [-0.1, -0.05) is 15.9 Å².